The average Bonchev–Trinajstić information content (AvgIpc) is 2.42. The van der Waals surface area contributed by atoms with Crippen LogP contribution in [0.2, 0.25) is 0 Å². The van der Waals surface area contributed by atoms with Crippen molar-refractivity contribution in [2.24, 2.45) is 0 Å². The summed E-state index contributed by atoms with van der Waals surface area (Å²) in [5.74, 6) is 0. The highest BCUT2D eigenvalue weighted by Crippen LogP contribution is 2.61. The van der Waals surface area contributed by atoms with Crippen LogP contribution < -0.4 is 0 Å². The molecule has 0 aromatic rings. The van der Waals surface area contributed by atoms with Gasteiger partial charge < -0.3 is 0 Å². The third-order valence-electron chi connectivity index (χ3n) is 4.84. The molecule has 0 aliphatic heterocycles. The van der Waals surface area contributed by atoms with Gasteiger partial charge in [-0.15, -0.1) is 0 Å². The molecule has 2 aliphatic carbocycles. The van der Waals surface area contributed by atoms with E-state index in [1.165, 1.54) is 77.0 Å². The molecule has 18 heavy (non-hydrogen) atoms. The van der Waals surface area contributed by atoms with Gasteiger partial charge in [-0.05, 0) is 43.4 Å². The van der Waals surface area contributed by atoms with Gasteiger partial charge in [0.15, 0.2) is 0 Å². The standard InChI is InChI=1S/C17H31P/c1-3-10-15(2)18(16-11-6-4-7-12-16)17-13-8-5-9-14-17/h16-17H,2-14H2,1H3. The van der Waals surface area contributed by atoms with Crippen LogP contribution in [0.4, 0.5) is 0 Å². The Bertz CT molecular complexity index is 228. The van der Waals surface area contributed by atoms with Crippen LogP contribution >= 0.6 is 7.92 Å². The fourth-order valence-corrected chi connectivity index (χ4v) is 7.90. The Morgan fingerprint density at radius 2 is 1.33 bits per heavy atom. The first-order chi connectivity index (χ1) is 8.83. The van der Waals surface area contributed by atoms with E-state index in [-0.39, 0.29) is 7.92 Å². The predicted octanol–water partition coefficient (Wildman–Crippen LogP) is 6.45. The molecule has 0 aromatic heterocycles. The van der Waals surface area contributed by atoms with Crippen LogP contribution in [-0.2, 0) is 0 Å². The summed E-state index contributed by atoms with van der Waals surface area (Å²) in [4.78, 5) is 0. The van der Waals surface area contributed by atoms with Crippen LogP contribution in [0.3, 0.4) is 0 Å². The molecule has 0 aromatic carbocycles. The smallest absolute Gasteiger partial charge is 0.0170 e. The second-order valence-corrected chi connectivity index (χ2v) is 9.21. The van der Waals surface area contributed by atoms with Gasteiger partial charge in [-0.2, -0.15) is 0 Å². The maximum absolute atomic E-state index is 4.52. The van der Waals surface area contributed by atoms with Crippen molar-refractivity contribution in [1.29, 1.82) is 0 Å². The lowest BCUT2D eigenvalue weighted by Crippen LogP contribution is -2.21. The molecule has 0 amide bonds. The molecule has 0 N–H and O–H groups in total. The molecule has 0 nitrogen and oxygen atoms in total. The highest BCUT2D eigenvalue weighted by atomic mass is 31.1. The number of rotatable bonds is 5. The maximum atomic E-state index is 4.52. The van der Waals surface area contributed by atoms with Crippen molar-refractivity contribution >= 4 is 7.92 Å². The van der Waals surface area contributed by atoms with E-state index in [1.807, 2.05) is 0 Å². The largest absolute Gasteiger partial charge is 0.0953 e. The molecule has 0 atom stereocenters. The Morgan fingerprint density at radius 3 is 1.72 bits per heavy atom. The molecule has 0 bridgehead atoms. The zero-order valence-electron chi connectivity index (χ0n) is 12.3. The first-order valence-corrected chi connectivity index (χ1v) is 9.77. The molecule has 2 fully saturated rings. The zero-order valence-corrected chi connectivity index (χ0v) is 13.2. The molecule has 0 spiro atoms. The second-order valence-electron chi connectivity index (χ2n) is 6.31. The van der Waals surface area contributed by atoms with Crippen LogP contribution in [0.25, 0.3) is 0 Å². The minimum Gasteiger partial charge on any atom is -0.0953 e. The minimum absolute atomic E-state index is 0.141. The molecule has 2 saturated carbocycles. The van der Waals surface area contributed by atoms with Gasteiger partial charge in [0.1, 0.15) is 0 Å². The van der Waals surface area contributed by atoms with E-state index < -0.39 is 0 Å². The van der Waals surface area contributed by atoms with Gasteiger partial charge in [-0.1, -0.05) is 71.7 Å². The van der Waals surface area contributed by atoms with Crippen LogP contribution in [-0.4, -0.2) is 11.3 Å². The summed E-state index contributed by atoms with van der Waals surface area (Å²) in [5, 5.41) is 1.67. The number of hydrogen-bond donors (Lipinski definition) is 0. The summed E-state index contributed by atoms with van der Waals surface area (Å²) in [6, 6.07) is 0. The van der Waals surface area contributed by atoms with Crippen LogP contribution in [0.5, 0.6) is 0 Å². The van der Waals surface area contributed by atoms with Crippen molar-refractivity contribution in [2.75, 3.05) is 0 Å². The van der Waals surface area contributed by atoms with Gasteiger partial charge in [-0.3, -0.25) is 0 Å². The van der Waals surface area contributed by atoms with Gasteiger partial charge in [-0.25, -0.2) is 0 Å². The highest BCUT2D eigenvalue weighted by molar-refractivity contribution is 7.63. The molecule has 0 unspecified atom stereocenters. The van der Waals surface area contributed by atoms with Crippen molar-refractivity contribution < 1.29 is 0 Å². The van der Waals surface area contributed by atoms with Gasteiger partial charge in [0.25, 0.3) is 0 Å². The first-order valence-electron chi connectivity index (χ1n) is 8.29. The molecule has 0 heterocycles. The molecule has 0 saturated heterocycles. The topological polar surface area (TPSA) is 0 Å². The van der Waals surface area contributed by atoms with Crippen molar-refractivity contribution in [3.63, 3.8) is 0 Å². The average molecular weight is 266 g/mol. The van der Waals surface area contributed by atoms with E-state index in [9.17, 15) is 0 Å². The molecule has 2 rings (SSSR count). The zero-order chi connectivity index (χ0) is 12.8. The second kappa shape index (κ2) is 7.68. The van der Waals surface area contributed by atoms with Gasteiger partial charge in [0, 0.05) is 0 Å². The van der Waals surface area contributed by atoms with Crippen LogP contribution in [0.15, 0.2) is 11.9 Å². The Morgan fingerprint density at radius 1 is 0.889 bits per heavy atom. The predicted molar refractivity (Wildman–Crippen MR) is 84.7 cm³/mol. The fourth-order valence-electron chi connectivity index (χ4n) is 3.95. The van der Waals surface area contributed by atoms with Gasteiger partial charge >= 0.3 is 0 Å². The molecule has 1 heteroatoms. The fraction of sp³-hybridized carbons (Fsp3) is 0.882. The lowest BCUT2D eigenvalue weighted by atomic mass is 9.99. The first kappa shape index (κ1) is 14.6. The molecule has 104 valence electrons. The monoisotopic (exact) mass is 266 g/mol. The van der Waals surface area contributed by atoms with Crippen LogP contribution in [0.1, 0.15) is 84.0 Å². The summed E-state index contributed by atoms with van der Waals surface area (Å²) in [7, 11) is 0.141. The number of allylic oxidation sites excluding steroid dienone is 1. The van der Waals surface area contributed by atoms with Crippen molar-refractivity contribution in [3.05, 3.63) is 11.9 Å². The van der Waals surface area contributed by atoms with E-state index in [0.717, 1.165) is 11.3 Å². The quantitative estimate of drug-likeness (QED) is 0.502. The number of hydrogen-bond acceptors (Lipinski definition) is 0. The van der Waals surface area contributed by atoms with Gasteiger partial charge in [0.05, 0.1) is 0 Å². The Hall–Kier alpha value is 0.170. The van der Waals surface area contributed by atoms with E-state index in [2.05, 4.69) is 13.5 Å². The van der Waals surface area contributed by atoms with Crippen molar-refractivity contribution in [1.82, 2.24) is 0 Å². The third kappa shape index (κ3) is 3.83. The molecular weight excluding hydrogens is 235 g/mol. The van der Waals surface area contributed by atoms with Crippen molar-refractivity contribution in [2.45, 2.75) is 95.3 Å². The molecular formula is C17H31P. The van der Waals surface area contributed by atoms with Crippen LogP contribution in [0, 0.1) is 0 Å². The van der Waals surface area contributed by atoms with E-state index in [0.29, 0.717) is 0 Å². The molecule has 0 radical (unpaired) electrons. The van der Waals surface area contributed by atoms with Crippen molar-refractivity contribution in [3.8, 4) is 0 Å². The van der Waals surface area contributed by atoms with E-state index in [1.54, 1.807) is 5.31 Å². The Labute approximate surface area is 115 Å². The van der Waals surface area contributed by atoms with E-state index >= 15 is 0 Å². The van der Waals surface area contributed by atoms with Gasteiger partial charge in [0.2, 0.25) is 0 Å². The lowest BCUT2D eigenvalue weighted by molar-refractivity contribution is 0.485. The third-order valence-corrected chi connectivity index (χ3v) is 8.40. The summed E-state index contributed by atoms with van der Waals surface area (Å²) in [6.45, 7) is 6.84. The minimum atomic E-state index is 0.141. The molecule has 2 aliphatic rings. The SMILES string of the molecule is C=C(CCC)P(C1CCCCC1)C1CCCCC1. The summed E-state index contributed by atoms with van der Waals surface area (Å²) in [5.41, 5.74) is 2.10. The summed E-state index contributed by atoms with van der Waals surface area (Å²) in [6.07, 6.45) is 17.6. The summed E-state index contributed by atoms with van der Waals surface area (Å²) >= 11 is 0. The highest BCUT2D eigenvalue weighted by Gasteiger charge is 2.32. The maximum Gasteiger partial charge on any atom is -0.0170 e. The normalized spacial score (nSPS) is 23.4. The summed E-state index contributed by atoms with van der Waals surface area (Å²) < 4.78 is 0. The van der Waals surface area contributed by atoms with E-state index in [4.69, 9.17) is 0 Å². The Kier molecular flexibility index (Phi) is 6.22. The Balaban J connectivity index is 2.02. The lowest BCUT2D eigenvalue weighted by Gasteiger charge is -2.39.